The summed E-state index contributed by atoms with van der Waals surface area (Å²) in [6, 6.07) is 6.22. The number of aryl methyl sites for hydroxylation is 2. The molecule has 0 saturated carbocycles. The van der Waals surface area contributed by atoms with Gasteiger partial charge in [0.1, 0.15) is 5.82 Å². The van der Waals surface area contributed by atoms with Gasteiger partial charge in [-0.2, -0.15) is 0 Å². The third-order valence-corrected chi connectivity index (χ3v) is 6.15. The van der Waals surface area contributed by atoms with Crippen LogP contribution in [0.1, 0.15) is 51.4 Å². The number of anilines is 1. The van der Waals surface area contributed by atoms with Gasteiger partial charge >= 0.3 is 0 Å². The Balaban J connectivity index is 1.34. The second kappa shape index (κ2) is 6.93. The maximum Gasteiger partial charge on any atom is 0.261 e. The minimum absolute atomic E-state index is 0.0366. The van der Waals surface area contributed by atoms with Crippen LogP contribution >= 0.6 is 11.3 Å². The molecule has 0 spiro atoms. The number of carbonyl (C=O) groups is 1. The number of pyridine rings is 1. The van der Waals surface area contributed by atoms with Crippen molar-refractivity contribution in [1.29, 1.82) is 0 Å². The van der Waals surface area contributed by atoms with Gasteiger partial charge < -0.3 is 10.2 Å². The number of hydrogen-bond acceptors (Lipinski definition) is 4. The van der Waals surface area contributed by atoms with E-state index in [9.17, 15) is 4.79 Å². The first-order chi connectivity index (χ1) is 11.8. The lowest BCUT2D eigenvalue weighted by Crippen LogP contribution is -2.30. The van der Waals surface area contributed by atoms with Crippen molar-refractivity contribution >= 4 is 23.1 Å². The lowest BCUT2D eigenvalue weighted by molar-refractivity contribution is 0.0955. The number of thiophene rings is 1. The highest BCUT2D eigenvalue weighted by molar-refractivity contribution is 7.14. The fourth-order valence-corrected chi connectivity index (χ4v) is 4.71. The Labute approximate surface area is 146 Å². The van der Waals surface area contributed by atoms with E-state index in [-0.39, 0.29) is 5.91 Å². The summed E-state index contributed by atoms with van der Waals surface area (Å²) in [4.78, 5) is 21.5. The maximum atomic E-state index is 12.3. The highest BCUT2D eigenvalue weighted by Crippen LogP contribution is 2.30. The van der Waals surface area contributed by atoms with Crippen LogP contribution in [0.15, 0.2) is 24.4 Å². The molecule has 0 aromatic carbocycles. The zero-order valence-corrected chi connectivity index (χ0v) is 14.7. The average molecular weight is 341 g/mol. The van der Waals surface area contributed by atoms with Crippen molar-refractivity contribution in [2.75, 3.05) is 18.0 Å². The molecule has 1 aliphatic carbocycles. The van der Waals surface area contributed by atoms with Crippen molar-refractivity contribution in [3.63, 3.8) is 0 Å². The number of nitrogens with one attached hydrogen (secondary N) is 1. The van der Waals surface area contributed by atoms with Gasteiger partial charge in [0.15, 0.2) is 0 Å². The molecule has 1 saturated heterocycles. The van der Waals surface area contributed by atoms with Crippen molar-refractivity contribution in [1.82, 2.24) is 10.3 Å². The van der Waals surface area contributed by atoms with Crippen LogP contribution < -0.4 is 10.2 Å². The van der Waals surface area contributed by atoms with E-state index >= 15 is 0 Å². The fraction of sp³-hybridized carbons (Fsp3) is 0.474. The summed E-state index contributed by atoms with van der Waals surface area (Å²) in [6.07, 6.45) is 9.22. The van der Waals surface area contributed by atoms with Crippen LogP contribution in [0.2, 0.25) is 0 Å². The van der Waals surface area contributed by atoms with Crippen LogP contribution in [0.3, 0.4) is 0 Å². The molecule has 3 heterocycles. The van der Waals surface area contributed by atoms with E-state index in [0.29, 0.717) is 6.54 Å². The molecule has 1 fully saturated rings. The molecule has 0 unspecified atom stereocenters. The number of aromatic nitrogens is 1. The molecule has 4 rings (SSSR count). The summed E-state index contributed by atoms with van der Waals surface area (Å²) in [5.74, 6) is 1.09. The maximum absolute atomic E-state index is 12.3. The van der Waals surface area contributed by atoms with Gasteiger partial charge in [0.2, 0.25) is 0 Å². The first-order valence-electron chi connectivity index (χ1n) is 8.89. The van der Waals surface area contributed by atoms with Crippen molar-refractivity contribution in [3.8, 4) is 0 Å². The molecule has 126 valence electrons. The van der Waals surface area contributed by atoms with Gasteiger partial charge in [0.05, 0.1) is 4.88 Å². The van der Waals surface area contributed by atoms with Crippen LogP contribution in [-0.2, 0) is 19.4 Å². The van der Waals surface area contributed by atoms with Crippen molar-refractivity contribution in [2.45, 2.75) is 45.1 Å². The van der Waals surface area contributed by atoms with E-state index in [2.05, 4.69) is 33.4 Å². The molecule has 0 atom stereocenters. The van der Waals surface area contributed by atoms with Gasteiger partial charge in [-0.25, -0.2) is 4.98 Å². The standard InChI is InChI=1S/C19H23N3OS/c23-19(17-11-15-5-4-6-16(15)24-17)21-13-14-7-8-18(20-12-14)22-9-2-1-3-10-22/h7-8,11-12H,1-6,9-10,13H2,(H,21,23). The van der Waals surface area contributed by atoms with E-state index in [1.165, 1.54) is 36.1 Å². The summed E-state index contributed by atoms with van der Waals surface area (Å²) in [6.45, 7) is 2.74. The number of hydrogen-bond donors (Lipinski definition) is 1. The van der Waals surface area contributed by atoms with Crippen LogP contribution in [0.4, 0.5) is 5.82 Å². The second-order valence-corrected chi connectivity index (χ2v) is 7.80. The van der Waals surface area contributed by atoms with E-state index in [0.717, 1.165) is 42.2 Å². The number of fused-ring (bicyclic) bond motifs is 1. The number of rotatable bonds is 4. The normalized spacial score (nSPS) is 16.9. The van der Waals surface area contributed by atoms with Gasteiger partial charge in [-0.15, -0.1) is 11.3 Å². The van der Waals surface area contributed by atoms with Crippen molar-refractivity contribution < 1.29 is 4.79 Å². The number of carbonyl (C=O) groups excluding carboxylic acids is 1. The predicted octanol–water partition coefficient (Wildman–Crippen LogP) is 3.55. The third kappa shape index (κ3) is 3.31. The third-order valence-electron chi connectivity index (χ3n) is 4.91. The van der Waals surface area contributed by atoms with Gasteiger partial charge in [-0.05, 0) is 61.8 Å². The van der Waals surface area contributed by atoms with E-state index in [4.69, 9.17) is 0 Å². The molecule has 24 heavy (non-hydrogen) atoms. The Bertz CT molecular complexity index is 695. The zero-order chi connectivity index (χ0) is 16.4. The smallest absolute Gasteiger partial charge is 0.261 e. The Morgan fingerprint density at radius 2 is 2.04 bits per heavy atom. The van der Waals surface area contributed by atoms with Crippen LogP contribution in [0.25, 0.3) is 0 Å². The minimum Gasteiger partial charge on any atom is -0.357 e. The summed E-state index contributed by atoms with van der Waals surface area (Å²) in [7, 11) is 0. The monoisotopic (exact) mass is 341 g/mol. The summed E-state index contributed by atoms with van der Waals surface area (Å²) in [5, 5.41) is 3.02. The number of amides is 1. The molecule has 1 aliphatic heterocycles. The molecule has 2 aliphatic rings. The molecule has 0 radical (unpaired) electrons. The Morgan fingerprint density at radius 3 is 2.79 bits per heavy atom. The Kier molecular flexibility index (Phi) is 4.52. The summed E-state index contributed by atoms with van der Waals surface area (Å²) in [5.41, 5.74) is 2.42. The van der Waals surface area contributed by atoms with E-state index in [1.54, 1.807) is 11.3 Å². The Morgan fingerprint density at radius 1 is 1.17 bits per heavy atom. The highest BCUT2D eigenvalue weighted by atomic mass is 32.1. The number of nitrogens with zero attached hydrogens (tertiary/aromatic N) is 2. The molecule has 2 aromatic heterocycles. The van der Waals surface area contributed by atoms with Gasteiger partial charge in [0.25, 0.3) is 5.91 Å². The molecular weight excluding hydrogens is 318 g/mol. The molecular formula is C19H23N3OS. The van der Waals surface area contributed by atoms with Crippen molar-refractivity contribution in [3.05, 3.63) is 45.3 Å². The first-order valence-corrected chi connectivity index (χ1v) is 9.71. The molecule has 0 bridgehead atoms. The van der Waals surface area contributed by atoms with Crippen LogP contribution in [-0.4, -0.2) is 24.0 Å². The highest BCUT2D eigenvalue weighted by Gasteiger charge is 2.18. The average Bonchev–Trinajstić information content (AvgIpc) is 3.23. The minimum atomic E-state index is 0.0366. The lowest BCUT2D eigenvalue weighted by atomic mass is 10.1. The van der Waals surface area contributed by atoms with E-state index < -0.39 is 0 Å². The summed E-state index contributed by atoms with van der Waals surface area (Å²) >= 11 is 1.65. The summed E-state index contributed by atoms with van der Waals surface area (Å²) < 4.78 is 0. The molecule has 2 aromatic rings. The number of piperidine rings is 1. The van der Waals surface area contributed by atoms with Crippen LogP contribution in [0, 0.1) is 0 Å². The van der Waals surface area contributed by atoms with Crippen LogP contribution in [0.5, 0.6) is 0 Å². The first kappa shape index (κ1) is 15.6. The topological polar surface area (TPSA) is 45.2 Å². The SMILES string of the molecule is O=C(NCc1ccc(N2CCCCC2)nc1)c1cc2c(s1)CCC2. The zero-order valence-electron chi connectivity index (χ0n) is 13.9. The van der Waals surface area contributed by atoms with Crippen molar-refractivity contribution in [2.24, 2.45) is 0 Å². The fourth-order valence-electron chi connectivity index (χ4n) is 3.54. The quantitative estimate of drug-likeness (QED) is 0.925. The predicted molar refractivity (Wildman–Crippen MR) is 97.8 cm³/mol. The van der Waals surface area contributed by atoms with E-state index in [1.807, 2.05) is 6.20 Å². The lowest BCUT2D eigenvalue weighted by Gasteiger charge is -2.27. The van der Waals surface area contributed by atoms with Gasteiger partial charge in [0, 0.05) is 30.7 Å². The molecule has 4 nitrogen and oxygen atoms in total. The second-order valence-electron chi connectivity index (χ2n) is 6.67. The molecule has 5 heteroatoms. The molecule has 1 amide bonds. The Hall–Kier alpha value is -1.88. The van der Waals surface area contributed by atoms with Gasteiger partial charge in [-0.1, -0.05) is 6.07 Å². The van der Waals surface area contributed by atoms with Gasteiger partial charge in [-0.3, -0.25) is 4.79 Å². The largest absolute Gasteiger partial charge is 0.357 e. The molecule has 1 N–H and O–H groups in total.